The highest BCUT2D eigenvalue weighted by molar-refractivity contribution is 7.89. The molecule has 0 N–H and O–H groups in total. The predicted octanol–water partition coefficient (Wildman–Crippen LogP) is 3.46. The van der Waals surface area contributed by atoms with Crippen LogP contribution in [0.4, 0.5) is 5.69 Å². The number of nitrogens with zero attached hydrogens (tertiary/aromatic N) is 2. The minimum atomic E-state index is -3.54. The van der Waals surface area contributed by atoms with Gasteiger partial charge in [-0.05, 0) is 63.8 Å². The van der Waals surface area contributed by atoms with E-state index in [1.807, 2.05) is 26.8 Å². The number of benzene rings is 1. The summed E-state index contributed by atoms with van der Waals surface area (Å²) in [6.07, 6.45) is 5.51. The highest BCUT2D eigenvalue weighted by Crippen LogP contribution is 2.33. The lowest BCUT2D eigenvalue weighted by Gasteiger charge is -2.32. The zero-order chi connectivity index (χ0) is 18.2. The van der Waals surface area contributed by atoms with Gasteiger partial charge in [-0.15, -0.1) is 0 Å². The second-order valence-corrected chi connectivity index (χ2v) is 9.28. The summed E-state index contributed by atoms with van der Waals surface area (Å²) in [5.74, 6) is 0.116. The summed E-state index contributed by atoms with van der Waals surface area (Å²) in [4.78, 5) is 14.1. The Balaban J connectivity index is 1.94. The quantitative estimate of drug-likeness (QED) is 0.804. The highest BCUT2D eigenvalue weighted by atomic mass is 32.2. The lowest BCUT2D eigenvalue weighted by molar-refractivity contribution is -0.117. The number of amides is 1. The van der Waals surface area contributed by atoms with Gasteiger partial charge >= 0.3 is 0 Å². The van der Waals surface area contributed by atoms with E-state index in [9.17, 15) is 13.2 Å². The highest BCUT2D eigenvalue weighted by Gasteiger charge is 2.36. The Morgan fingerprint density at radius 3 is 2.36 bits per heavy atom. The van der Waals surface area contributed by atoms with Gasteiger partial charge in [-0.3, -0.25) is 4.79 Å². The number of hydrogen-bond acceptors (Lipinski definition) is 3. The molecule has 1 saturated heterocycles. The standard InChI is InChI=1S/C19H28N2O3S/c1-14(2)21(16-7-4-5-8-16)25(23,24)18-11-10-17(13-15(18)3)20-12-6-9-19(20)22/h10-11,13-14,16H,4-9,12H2,1-3H3. The number of carbonyl (C=O) groups excluding carboxylic acids is 1. The van der Waals surface area contributed by atoms with Gasteiger partial charge in [0.15, 0.2) is 0 Å². The van der Waals surface area contributed by atoms with Crippen molar-refractivity contribution in [1.29, 1.82) is 0 Å². The molecule has 25 heavy (non-hydrogen) atoms. The Morgan fingerprint density at radius 2 is 1.84 bits per heavy atom. The molecule has 2 fully saturated rings. The van der Waals surface area contributed by atoms with E-state index < -0.39 is 10.0 Å². The molecular weight excluding hydrogens is 336 g/mol. The molecule has 1 aromatic carbocycles. The van der Waals surface area contributed by atoms with Gasteiger partial charge in [0.05, 0.1) is 4.90 Å². The van der Waals surface area contributed by atoms with Crippen molar-refractivity contribution in [1.82, 2.24) is 4.31 Å². The second kappa shape index (κ2) is 7.08. The molecule has 0 spiro atoms. The molecule has 3 rings (SSSR count). The maximum atomic E-state index is 13.3. The van der Waals surface area contributed by atoms with Gasteiger partial charge in [-0.1, -0.05) is 12.8 Å². The Hall–Kier alpha value is -1.40. The molecular formula is C19H28N2O3S. The van der Waals surface area contributed by atoms with Crippen molar-refractivity contribution in [2.45, 2.75) is 76.3 Å². The van der Waals surface area contributed by atoms with E-state index in [1.165, 1.54) is 0 Å². The number of sulfonamides is 1. The van der Waals surface area contributed by atoms with Crippen LogP contribution in [-0.4, -0.2) is 37.3 Å². The first-order valence-electron chi connectivity index (χ1n) is 9.27. The van der Waals surface area contributed by atoms with Crippen LogP contribution in [0.3, 0.4) is 0 Å². The lowest BCUT2D eigenvalue weighted by Crippen LogP contribution is -2.43. The van der Waals surface area contributed by atoms with Crippen LogP contribution in [0, 0.1) is 6.92 Å². The lowest BCUT2D eigenvalue weighted by atomic mass is 10.2. The molecule has 0 radical (unpaired) electrons. The average molecular weight is 365 g/mol. The first-order valence-corrected chi connectivity index (χ1v) is 10.7. The number of hydrogen-bond donors (Lipinski definition) is 0. The van der Waals surface area contributed by atoms with Crippen LogP contribution < -0.4 is 4.90 Å². The summed E-state index contributed by atoms with van der Waals surface area (Å²) < 4.78 is 28.3. The van der Waals surface area contributed by atoms with Crippen molar-refractivity contribution < 1.29 is 13.2 Å². The number of carbonyl (C=O) groups is 1. The predicted molar refractivity (Wildman–Crippen MR) is 99.2 cm³/mol. The molecule has 5 nitrogen and oxygen atoms in total. The molecule has 2 aliphatic rings. The van der Waals surface area contributed by atoms with E-state index in [-0.39, 0.29) is 18.0 Å². The number of aryl methyl sites for hydroxylation is 1. The van der Waals surface area contributed by atoms with E-state index in [4.69, 9.17) is 0 Å². The van der Waals surface area contributed by atoms with E-state index in [1.54, 1.807) is 21.3 Å². The first-order chi connectivity index (χ1) is 11.8. The first kappa shape index (κ1) is 18.4. The van der Waals surface area contributed by atoms with Gasteiger partial charge in [0.25, 0.3) is 0 Å². The van der Waals surface area contributed by atoms with Crippen LogP contribution in [0.15, 0.2) is 23.1 Å². The molecule has 1 heterocycles. The van der Waals surface area contributed by atoms with Crippen molar-refractivity contribution in [3.05, 3.63) is 23.8 Å². The van der Waals surface area contributed by atoms with E-state index >= 15 is 0 Å². The van der Waals surface area contributed by atoms with Crippen molar-refractivity contribution in [2.75, 3.05) is 11.4 Å². The van der Waals surface area contributed by atoms with Crippen molar-refractivity contribution >= 4 is 21.6 Å². The summed E-state index contributed by atoms with van der Waals surface area (Å²) in [6, 6.07) is 5.33. The molecule has 0 aromatic heterocycles. The van der Waals surface area contributed by atoms with Crippen LogP contribution in [-0.2, 0) is 14.8 Å². The fraction of sp³-hybridized carbons (Fsp3) is 0.632. The molecule has 1 aliphatic carbocycles. The third-order valence-corrected chi connectivity index (χ3v) is 7.58. The maximum Gasteiger partial charge on any atom is 0.243 e. The minimum Gasteiger partial charge on any atom is -0.312 e. The van der Waals surface area contributed by atoms with Crippen molar-refractivity contribution in [3.8, 4) is 0 Å². The molecule has 0 unspecified atom stereocenters. The smallest absolute Gasteiger partial charge is 0.243 e. The molecule has 1 saturated carbocycles. The summed E-state index contributed by atoms with van der Waals surface area (Å²) >= 11 is 0. The van der Waals surface area contributed by atoms with Gasteiger partial charge < -0.3 is 4.90 Å². The largest absolute Gasteiger partial charge is 0.312 e. The van der Waals surface area contributed by atoms with E-state index in [0.29, 0.717) is 23.4 Å². The molecule has 1 amide bonds. The van der Waals surface area contributed by atoms with Crippen LogP contribution in [0.2, 0.25) is 0 Å². The number of rotatable bonds is 5. The van der Waals surface area contributed by atoms with Crippen molar-refractivity contribution in [2.24, 2.45) is 0 Å². The molecule has 138 valence electrons. The Kier molecular flexibility index (Phi) is 5.21. The van der Waals surface area contributed by atoms with Gasteiger partial charge in [0.2, 0.25) is 15.9 Å². The normalized spacial score (nSPS) is 19.6. The Labute approximate surface area is 151 Å². The fourth-order valence-electron chi connectivity index (χ4n) is 4.18. The van der Waals surface area contributed by atoms with Crippen molar-refractivity contribution in [3.63, 3.8) is 0 Å². The summed E-state index contributed by atoms with van der Waals surface area (Å²) in [7, 11) is -3.54. The van der Waals surface area contributed by atoms with Crippen LogP contribution >= 0.6 is 0 Å². The van der Waals surface area contributed by atoms with Crippen LogP contribution in [0.5, 0.6) is 0 Å². The SMILES string of the molecule is Cc1cc(N2CCCC2=O)ccc1S(=O)(=O)N(C(C)C)C1CCCC1. The molecule has 0 atom stereocenters. The fourth-order valence-corrected chi connectivity index (χ4v) is 6.27. The van der Waals surface area contributed by atoms with E-state index in [2.05, 4.69) is 0 Å². The molecule has 1 aromatic rings. The van der Waals surface area contributed by atoms with Gasteiger partial charge in [0.1, 0.15) is 0 Å². The van der Waals surface area contributed by atoms with Gasteiger partial charge in [-0.2, -0.15) is 4.31 Å². The third kappa shape index (κ3) is 3.47. The Morgan fingerprint density at radius 1 is 1.16 bits per heavy atom. The maximum absolute atomic E-state index is 13.3. The molecule has 6 heteroatoms. The molecule has 0 bridgehead atoms. The average Bonchev–Trinajstić information content (AvgIpc) is 3.18. The van der Waals surface area contributed by atoms with Crippen LogP contribution in [0.25, 0.3) is 0 Å². The monoisotopic (exact) mass is 364 g/mol. The summed E-state index contributed by atoms with van der Waals surface area (Å²) in [5.41, 5.74) is 1.51. The second-order valence-electron chi connectivity index (χ2n) is 7.47. The Bertz CT molecular complexity index is 752. The minimum absolute atomic E-state index is 0.0627. The summed E-state index contributed by atoms with van der Waals surface area (Å²) in [5, 5.41) is 0. The van der Waals surface area contributed by atoms with Gasteiger partial charge in [0, 0.05) is 30.7 Å². The zero-order valence-corrected chi connectivity index (χ0v) is 16.2. The third-order valence-electron chi connectivity index (χ3n) is 5.29. The molecule has 1 aliphatic heterocycles. The summed E-state index contributed by atoms with van der Waals surface area (Å²) in [6.45, 7) is 6.43. The van der Waals surface area contributed by atoms with E-state index in [0.717, 1.165) is 37.8 Å². The topological polar surface area (TPSA) is 57.7 Å². The van der Waals surface area contributed by atoms with Gasteiger partial charge in [-0.25, -0.2) is 8.42 Å². The zero-order valence-electron chi connectivity index (χ0n) is 15.4. The number of anilines is 1. The van der Waals surface area contributed by atoms with Crippen LogP contribution in [0.1, 0.15) is 57.9 Å².